The van der Waals surface area contributed by atoms with Crippen LogP contribution in [-0.4, -0.2) is 103 Å². The van der Waals surface area contributed by atoms with E-state index in [2.05, 4.69) is 10.0 Å². The molecule has 13 nitrogen and oxygen atoms in total. The molecule has 5 atom stereocenters. The number of nitrogens with zero attached hydrogens (tertiary/aromatic N) is 3. The Balaban J connectivity index is 1.64. The van der Waals surface area contributed by atoms with Gasteiger partial charge in [0.05, 0.1) is 39.6 Å². The number of halogens is 4. The summed E-state index contributed by atoms with van der Waals surface area (Å²) >= 11 is 0. The number of rotatable bonds is 13. The summed E-state index contributed by atoms with van der Waals surface area (Å²) in [6.07, 6.45) is -7.02. The van der Waals surface area contributed by atoms with E-state index < -0.39 is 77.7 Å². The highest BCUT2D eigenvalue weighted by atomic mass is 19.2. The highest BCUT2D eigenvalue weighted by molar-refractivity contribution is 5.95. The molecule has 1 heterocycles. The number of hydrogen-bond acceptors (Lipinski definition) is 10. The molecule has 0 spiro atoms. The number of hydrogen-bond donors (Lipinski definition) is 5. The Hall–Kier alpha value is -2.60. The number of nitrogens with one attached hydrogen (secondary N) is 1. The topological polar surface area (TPSA) is 196 Å². The van der Waals surface area contributed by atoms with Gasteiger partial charge in [0.25, 0.3) is 5.91 Å². The average Bonchev–Trinajstić information content (AvgIpc) is 2.86. The minimum Gasteiger partial charge on any atom is -0.394 e. The van der Waals surface area contributed by atoms with E-state index >= 15 is 0 Å². The van der Waals surface area contributed by atoms with Gasteiger partial charge in [-0.25, -0.2) is 17.6 Å². The Labute approximate surface area is 200 Å². The third-order valence-electron chi connectivity index (χ3n) is 4.87. The first kappa shape index (κ1) is 29.6. The summed E-state index contributed by atoms with van der Waals surface area (Å²) < 4.78 is 76.0. The molecule has 1 aromatic carbocycles. The molecule has 1 fully saturated rings. The minimum atomic E-state index is -2.02. The smallest absolute Gasteiger partial charge is 0.257 e. The molecule has 2 rings (SSSR count). The maximum absolute atomic E-state index is 13.9. The molecule has 1 aromatic rings. The monoisotopic (exact) mass is 528 g/mol. The summed E-state index contributed by atoms with van der Waals surface area (Å²) in [5.41, 5.74) is 5.15. The normalized spacial score (nSPS) is 23.8. The van der Waals surface area contributed by atoms with E-state index in [1.807, 2.05) is 5.32 Å². The zero-order chi connectivity index (χ0) is 26.8. The third kappa shape index (κ3) is 7.22. The molecule has 1 amide bonds. The largest absolute Gasteiger partial charge is 0.394 e. The van der Waals surface area contributed by atoms with E-state index in [9.17, 15) is 37.7 Å². The Morgan fingerprint density at radius 1 is 0.944 bits per heavy atom. The van der Waals surface area contributed by atoms with Gasteiger partial charge >= 0.3 is 0 Å². The first-order chi connectivity index (χ1) is 17.1. The van der Waals surface area contributed by atoms with Gasteiger partial charge in [-0.05, 0) is 5.53 Å². The highest BCUT2D eigenvalue weighted by Gasteiger charge is 2.43. The van der Waals surface area contributed by atoms with E-state index in [0.29, 0.717) is 0 Å². The lowest BCUT2D eigenvalue weighted by Gasteiger charge is -2.39. The van der Waals surface area contributed by atoms with Gasteiger partial charge in [-0.1, -0.05) is 5.11 Å². The van der Waals surface area contributed by atoms with Crippen LogP contribution in [-0.2, 0) is 18.9 Å². The van der Waals surface area contributed by atoms with Crippen LogP contribution >= 0.6 is 0 Å². The van der Waals surface area contributed by atoms with Gasteiger partial charge in [-0.3, -0.25) is 4.79 Å². The summed E-state index contributed by atoms with van der Waals surface area (Å²) in [7, 11) is 0. The Morgan fingerprint density at radius 2 is 1.53 bits per heavy atom. The lowest BCUT2D eigenvalue weighted by Crippen LogP contribution is -2.59. The van der Waals surface area contributed by atoms with Crippen molar-refractivity contribution in [1.29, 1.82) is 0 Å². The van der Waals surface area contributed by atoms with E-state index in [-0.39, 0.29) is 39.6 Å². The van der Waals surface area contributed by atoms with Gasteiger partial charge in [0, 0.05) is 11.5 Å². The van der Waals surface area contributed by atoms with E-state index in [1.54, 1.807) is 0 Å². The summed E-state index contributed by atoms with van der Waals surface area (Å²) in [6, 6.07) is 0. The van der Waals surface area contributed by atoms with Crippen molar-refractivity contribution >= 4 is 11.6 Å². The second kappa shape index (κ2) is 14.2. The number of amides is 1. The molecule has 0 aliphatic carbocycles. The molecular weight excluding hydrogens is 504 g/mol. The van der Waals surface area contributed by atoms with Crippen LogP contribution in [0.4, 0.5) is 23.2 Å². The maximum atomic E-state index is 13.9. The molecule has 1 aliphatic heterocycles. The maximum Gasteiger partial charge on any atom is 0.257 e. The number of carbonyl (C=O) groups excluding carboxylic acids is 1. The van der Waals surface area contributed by atoms with Crippen LogP contribution in [0.25, 0.3) is 10.4 Å². The number of carbonyl (C=O) groups is 1. The molecule has 5 N–H and O–H groups in total. The zero-order valence-corrected chi connectivity index (χ0v) is 18.5. The van der Waals surface area contributed by atoms with Crippen LogP contribution < -0.4 is 5.32 Å². The predicted octanol–water partition coefficient (Wildman–Crippen LogP) is -0.236. The molecule has 0 radical (unpaired) electrons. The SMILES string of the molecule is [N-]=[N+]=Nc1c(F)c(F)c(C(=O)NCCOCCOCCO[C@@H]2OC(CO)[C@@H](O)C(O)C2O)c(F)c1F. The molecule has 0 bridgehead atoms. The number of ether oxygens (including phenoxy) is 4. The lowest BCUT2D eigenvalue weighted by atomic mass is 9.99. The van der Waals surface area contributed by atoms with Crippen LogP contribution in [0.5, 0.6) is 0 Å². The van der Waals surface area contributed by atoms with Crippen molar-refractivity contribution in [3.63, 3.8) is 0 Å². The first-order valence-corrected chi connectivity index (χ1v) is 10.4. The second-order valence-corrected chi connectivity index (χ2v) is 7.22. The molecule has 1 saturated heterocycles. The van der Waals surface area contributed by atoms with Crippen LogP contribution in [0.3, 0.4) is 0 Å². The van der Waals surface area contributed by atoms with Crippen molar-refractivity contribution in [2.45, 2.75) is 30.7 Å². The molecule has 17 heteroatoms. The van der Waals surface area contributed by atoms with Crippen molar-refractivity contribution < 1.29 is 61.7 Å². The fraction of sp³-hybridized carbons (Fsp3) is 0.632. The number of aliphatic hydroxyl groups is 4. The van der Waals surface area contributed by atoms with Crippen molar-refractivity contribution in [1.82, 2.24) is 5.32 Å². The molecule has 1 aliphatic rings. The van der Waals surface area contributed by atoms with E-state index in [0.717, 1.165) is 0 Å². The Bertz CT molecular complexity index is 923. The summed E-state index contributed by atoms with van der Waals surface area (Å²) in [6.45, 7) is -1.03. The van der Waals surface area contributed by atoms with Gasteiger partial charge in [-0.15, -0.1) is 0 Å². The van der Waals surface area contributed by atoms with Crippen molar-refractivity contribution in [2.24, 2.45) is 5.11 Å². The molecule has 0 saturated carbocycles. The molecule has 36 heavy (non-hydrogen) atoms. The summed E-state index contributed by atoms with van der Waals surface area (Å²) in [5, 5.41) is 42.8. The van der Waals surface area contributed by atoms with Gasteiger partial charge < -0.3 is 44.7 Å². The molecule has 0 aromatic heterocycles. The third-order valence-corrected chi connectivity index (χ3v) is 4.87. The van der Waals surface area contributed by atoms with E-state index in [4.69, 9.17) is 29.6 Å². The van der Waals surface area contributed by atoms with Crippen LogP contribution in [0.2, 0.25) is 0 Å². The van der Waals surface area contributed by atoms with Gasteiger partial charge in [0.2, 0.25) is 0 Å². The van der Waals surface area contributed by atoms with Crippen LogP contribution in [0.1, 0.15) is 10.4 Å². The standard InChI is InChI=1S/C19H24F4N4O9/c20-10-9(11(21)13(23)14(12(10)22)26-27-24)18(32)25-1-2-33-3-4-34-5-6-35-19-17(31)16(30)15(29)8(7-28)36-19/h8,15-17,19,28-31H,1-7H2,(H,25,32)/t8?,15-,16?,17?,19-/m1/s1. The number of aliphatic hydroxyl groups excluding tert-OH is 4. The van der Waals surface area contributed by atoms with Gasteiger partial charge in [0.15, 0.2) is 29.6 Å². The molecule has 3 unspecified atom stereocenters. The van der Waals surface area contributed by atoms with Crippen molar-refractivity contribution in [3.05, 3.63) is 39.3 Å². The zero-order valence-electron chi connectivity index (χ0n) is 18.5. The van der Waals surface area contributed by atoms with Crippen molar-refractivity contribution in [3.8, 4) is 0 Å². The highest BCUT2D eigenvalue weighted by Crippen LogP contribution is 2.30. The van der Waals surface area contributed by atoms with Crippen LogP contribution in [0.15, 0.2) is 5.11 Å². The summed E-state index contributed by atoms with van der Waals surface area (Å²) in [4.78, 5) is 14.0. The average molecular weight is 528 g/mol. The predicted molar refractivity (Wildman–Crippen MR) is 109 cm³/mol. The van der Waals surface area contributed by atoms with Gasteiger partial charge in [0.1, 0.15) is 35.7 Å². The quantitative estimate of drug-likeness (QED) is 0.0573. The second-order valence-electron chi connectivity index (χ2n) is 7.22. The fourth-order valence-electron chi connectivity index (χ4n) is 3.03. The lowest BCUT2D eigenvalue weighted by molar-refractivity contribution is -0.302. The molecule has 202 valence electrons. The summed E-state index contributed by atoms with van der Waals surface area (Å²) in [5.74, 6) is -9.52. The van der Waals surface area contributed by atoms with E-state index in [1.165, 1.54) is 0 Å². The fourth-order valence-corrected chi connectivity index (χ4v) is 3.03. The number of azide groups is 1. The van der Waals surface area contributed by atoms with Crippen molar-refractivity contribution in [2.75, 3.05) is 46.2 Å². The Kier molecular flexibility index (Phi) is 11.7. The first-order valence-electron chi connectivity index (χ1n) is 10.4. The van der Waals surface area contributed by atoms with Gasteiger partial charge in [-0.2, -0.15) is 0 Å². The number of benzene rings is 1. The minimum absolute atomic E-state index is 0.0106. The molecular formula is C19H24F4N4O9. The van der Waals surface area contributed by atoms with Crippen LogP contribution in [0, 0.1) is 23.3 Å². The Morgan fingerprint density at radius 3 is 2.11 bits per heavy atom.